The van der Waals surface area contributed by atoms with Gasteiger partial charge in [0.2, 0.25) is 0 Å². The highest BCUT2D eigenvalue weighted by molar-refractivity contribution is 9.10. The normalized spacial score (nSPS) is 11.1. The molecule has 0 saturated heterocycles. The van der Waals surface area contributed by atoms with Gasteiger partial charge in [0.25, 0.3) is 5.56 Å². The molecule has 0 radical (unpaired) electrons. The first-order chi connectivity index (χ1) is 9.47. The minimum Gasteiger partial charge on any atom is -0.376 e. The SMILES string of the molecule is Cc1csc(CNc2cnn(CC(C)C)c(=O)c2Br)n1. The van der Waals surface area contributed by atoms with E-state index >= 15 is 0 Å². The molecule has 20 heavy (non-hydrogen) atoms. The molecule has 7 heteroatoms. The maximum Gasteiger partial charge on any atom is 0.283 e. The number of thiazole rings is 1. The molecule has 2 aromatic rings. The van der Waals surface area contributed by atoms with Crippen LogP contribution in [0, 0.1) is 12.8 Å². The number of rotatable bonds is 5. The van der Waals surface area contributed by atoms with Crippen LogP contribution < -0.4 is 10.9 Å². The van der Waals surface area contributed by atoms with Gasteiger partial charge in [-0.3, -0.25) is 4.79 Å². The molecular formula is C13H17BrN4OS. The Morgan fingerprint density at radius 2 is 2.25 bits per heavy atom. The highest BCUT2D eigenvalue weighted by atomic mass is 79.9. The van der Waals surface area contributed by atoms with Gasteiger partial charge in [0.15, 0.2) is 0 Å². The maximum atomic E-state index is 12.1. The van der Waals surface area contributed by atoms with Gasteiger partial charge >= 0.3 is 0 Å². The van der Waals surface area contributed by atoms with E-state index in [2.05, 4.69) is 45.2 Å². The summed E-state index contributed by atoms with van der Waals surface area (Å²) in [7, 11) is 0. The molecule has 108 valence electrons. The number of hydrogen-bond donors (Lipinski definition) is 1. The molecule has 2 rings (SSSR count). The molecule has 0 aliphatic rings. The zero-order valence-corrected chi connectivity index (χ0v) is 14.1. The van der Waals surface area contributed by atoms with E-state index in [-0.39, 0.29) is 5.56 Å². The Balaban J connectivity index is 2.13. The number of anilines is 1. The minimum absolute atomic E-state index is 0.112. The summed E-state index contributed by atoms with van der Waals surface area (Å²) >= 11 is 4.94. The van der Waals surface area contributed by atoms with Crippen molar-refractivity contribution in [1.29, 1.82) is 0 Å². The van der Waals surface area contributed by atoms with Gasteiger partial charge in [0.05, 0.1) is 18.4 Å². The summed E-state index contributed by atoms with van der Waals surface area (Å²) in [5.74, 6) is 0.379. The van der Waals surface area contributed by atoms with Crippen molar-refractivity contribution in [3.8, 4) is 0 Å². The fourth-order valence-corrected chi connectivity index (χ4v) is 2.88. The van der Waals surface area contributed by atoms with Crippen LogP contribution in [-0.4, -0.2) is 14.8 Å². The monoisotopic (exact) mass is 356 g/mol. The number of nitrogens with one attached hydrogen (secondary N) is 1. The molecule has 0 unspecified atom stereocenters. The van der Waals surface area contributed by atoms with Crippen molar-refractivity contribution in [1.82, 2.24) is 14.8 Å². The zero-order chi connectivity index (χ0) is 14.7. The number of nitrogens with zero attached hydrogens (tertiary/aromatic N) is 3. The Kier molecular flexibility index (Phi) is 4.93. The van der Waals surface area contributed by atoms with Crippen LogP contribution in [0.1, 0.15) is 24.5 Å². The van der Waals surface area contributed by atoms with Crippen LogP contribution in [0.2, 0.25) is 0 Å². The van der Waals surface area contributed by atoms with E-state index in [1.54, 1.807) is 17.5 Å². The molecule has 2 heterocycles. The van der Waals surface area contributed by atoms with Crippen molar-refractivity contribution in [3.63, 3.8) is 0 Å². The van der Waals surface area contributed by atoms with E-state index in [1.165, 1.54) is 4.68 Å². The van der Waals surface area contributed by atoms with Crippen LogP contribution in [-0.2, 0) is 13.1 Å². The average Bonchev–Trinajstić information content (AvgIpc) is 2.79. The molecule has 0 atom stereocenters. The first-order valence-corrected chi connectivity index (χ1v) is 8.05. The third-order valence-electron chi connectivity index (χ3n) is 2.62. The fraction of sp³-hybridized carbons (Fsp3) is 0.462. The molecule has 1 N–H and O–H groups in total. The molecule has 0 saturated carbocycles. The Bertz CT molecular complexity index is 650. The summed E-state index contributed by atoms with van der Waals surface area (Å²) in [5.41, 5.74) is 1.60. The first kappa shape index (κ1) is 15.2. The van der Waals surface area contributed by atoms with Crippen molar-refractivity contribution in [2.24, 2.45) is 5.92 Å². The zero-order valence-electron chi connectivity index (χ0n) is 11.7. The van der Waals surface area contributed by atoms with Gasteiger partial charge < -0.3 is 5.32 Å². The van der Waals surface area contributed by atoms with Gasteiger partial charge in [0.1, 0.15) is 9.48 Å². The average molecular weight is 357 g/mol. The number of aryl methyl sites for hydroxylation is 1. The summed E-state index contributed by atoms with van der Waals surface area (Å²) in [5, 5.41) is 10.4. The summed E-state index contributed by atoms with van der Waals surface area (Å²) < 4.78 is 1.99. The number of aromatic nitrogens is 3. The van der Waals surface area contributed by atoms with Gasteiger partial charge in [-0.25, -0.2) is 9.67 Å². The summed E-state index contributed by atoms with van der Waals surface area (Å²) in [6.45, 7) is 7.28. The van der Waals surface area contributed by atoms with Gasteiger partial charge in [-0.2, -0.15) is 5.10 Å². The maximum absolute atomic E-state index is 12.1. The second kappa shape index (κ2) is 6.49. The quantitative estimate of drug-likeness (QED) is 0.894. The topological polar surface area (TPSA) is 59.8 Å². The van der Waals surface area contributed by atoms with E-state index in [4.69, 9.17) is 0 Å². The smallest absolute Gasteiger partial charge is 0.283 e. The van der Waals surface area contributed by atoms with E-state index in [0.29, 0.717) is 29.2 Å². The van der Waals surface area contributed by atoms with Crippen LogP contribution in [0.4, 0.5) is 5.69 Å². The Morgan fingerprint density at radius 1 is 1.50 bits per heavy atom. The molecule has 0 aliphatic heterocycles. The molecule has 0 fully saturated rings. The molecular weight excluding hydrogens is 340 g/mol. The Labute approximate surface area is 130 Å². The molecule has 2 aromatic heterocycles. The van der Waals surface area contributed by atoms with Gasteiger partial charge in [0, 0.05) is 17.6 Å². The van der Waals surface area contributed by atoms with E-state index in [9.17, 15) is 4.79 Å². The summed E-state index contributed by atoms with van der Waals surface area (Å²) in [4.78, 5) is 16.5. The molecule has 0 aromatic carbocycles. The van der Waals surface area contributed by atoms with Crippen molar-refractivity contribution >= 4 is 33.0 Å². The summed E-state index contributed by atoms with van der Waals surface area (Å²) in [6, 6.07) is 0. The van der Waals surface area contributed by atoms with Gasteiger partial charge in [-0.05, 0) is 28.8 Å². The van der Waals surface area contributed by atoms with Gasteiger partial charge in [-0.15, -0.1) is 11.3 Å². The van der Waals surface area contributed by atoms with Crippen molar-refractivity contribution in [3.05, 3.63) is 37.1 Å². The van der Waals surface area contributed by atoms with Crippen molar-refractivity contribution < 1.29 is 0 Å². The summed E-state index contributed by atoms with van der Waals surface area (Å²) in [6.07, 6.45) is 1.67. The molecule has 0 aliphatic carbocycles. The van der Waals surface area contributed by atoms with E-state index in [0.717, 1.165) is 10.7 Å². The lowest BCUT2D eigenvalue weighted by Gasteiger charge is -2.11. The lowest BCUT2D eigenvalue weighted by atomic mass is 10.2. The van der Waals surface area contributed by atoms with E-state index in [1.807, 2.05) is 12.3 Å². The third-order valence-corrected chi connectivity index (χ3v) is 4.35. The number of hydrogen-bond acceptors (Lipinski definition) is 5. The third kappa shape index (κ3) is 3.67. The molecule has 5 nitrogen and oxygen atoms in total. The second-order valence-electron chi connectivity index (χ2n) is 4.99. The Morgan fingerprint density at radius 3 is 2.85 bits per heavy atom. The fourth-order valence-electron chi connectivity index (χ4n) is 1.72. The molecule has 0 spiro atoms. The van der Waals surface area contributed by atoms with Crippen LogP contribution in [0.3, 0.4) is 0 Å². The first-order valence-electron chi connectivity index (χ1n) is 6.38. The van der Waals surface area contributed by atoms with E-state index < -0.39 is 0 Å². The standard InChI is InChI=1S/C13H17BrN4OS/c1-8(2)6-18-13(19)12(14)10(4-16-18)15-5-11-17-9(3)7-20-11/h4,7-8,15H,5-6H2,1-3H3. The Hall–Kier alpha value is -1.21. The predicted molar refractivity (Wildman–Crippen MR) is 85.2 cm³/mol. The highest BCUT2D eigenvalue weighted by Gasteiger charge is 2.10. The van der Waals surface area contributed by atoms with Crippen LogP contribution >= 0.6 is 27.3 Å². The van der Waals surface area contributed by atoms with Crippen LogP contribution in [0.15, 0.2) is 20.8 Å². The molecule has 0 amide bonds. The van der Waals surface area contributed by atoms with Crippen LogP contribution in [0.25, 0.3) is 0 Å². The van der Waals surface area contributed by atoms with Crippen LogP contribution in [0.5, 0.6) is 0 Å². The largest absolute Gasteiger partial charge is 0.376 e. The van der Waals surface area contributed by atoms with Gasteiger partial charge in [-0.1, -0.05) is 13.8 Å². The predicted octanol–water partition coefficient (Wildman–Crippen LogP) is 3.04. The minimum atomic E-state index is -0.112. The highest BCUT2D eigenvalue weighted by Crippen LogP contribution is 2.18. The van der Waals surface area contributed by atoms with Crippen molar-refractivity contribution in [2.45, 2.75) is 33.9 Å². The lowest BCUT2D eigenvalue weighted by Crippen LogP contribution is -2.26. The number of halogens is 1. The second-order valence-corrected chi connectivity index (χ2v) is 6.73. The van der Waals surface area contributed by atoms with Crippen molar-refractivity contribution in [2.75, 3.05) is 5.32 Å². The lowest BCUT2D eigenvalue weighted by molar-refractivity contribution is 0.462. The molecule has 0 bridgehead atoms.